The molecule has 0 aliphatic carbocycles. The second-order valence-corrected chi connectivity index (χ2v) is 8.38. The highest BCUT2D eigenvalue weighted by Gasteiger charge is 2.23. The topological polar surface area (TPSA) is 66.7 Å². The van der Waals surface area contributed by atoms with E-state index >= 15 is 0 Å². The Bertz CT molecular complexity index is 794. The fourth-order valence-electron chi connectivity index (χ4n) is 3.49. The van der Waals surface area contributed by atoms with E-state index in [1.165, 1.54) is 5.56 Å². The third-order valence-electron chi connectivity index (χ3n) is 5.34. The van der Waals surface area contributed by atoms with Gasteiger partial charge in [0, 0.05) is 43.9 Å². The van der Waals surface area contributed by atoms with Crippen LogP contribution in [0.3, 0.4) is 0 Å². The van der Waals surface area contributed by atoms with Gasteiger partial charge in [0.05, 0.1) is 11.4 Å². The normalized spacial score (nSPS) is 14.3. The quantitative estimate of drug-likeness (QED) is 0.662. The van der Waals surface area contributed by atoms with Crippen molar-refractivity contribution in [3.63, 3.8) is 0 Å². The summed E-state index contributed by atoms with van der Waals surface area (Å²) in [6.45, 7) is 6.32. The molecule has 0 saturated carbocycles. The van der Waals surface area contributed by atoms with Gasteiger partial charge in [-0.25, -0.2) is 0 Å². The molecule has 29 heavy (non-hydrogen) atoms. The molecule has 1 aliphatic rings. The number of benzene rings is 1. The molecule has 3 rings (SSSR count). The monoisotopic (exact) mass is 415 g/mol. The Labute approximate surface area is 176 Å². The van der Waals surface area contributed by atoms with E-state index in [0.29, 0.717) is 38.4 Å². The SMILES string of the molecule is Cc1noc(C)c1CSCC(=O)N1CCN(C(=O)CCCc2ccccc2)CC1. The Balaban J connectivity index is 1.33. The van der Waals surface area contributed by atoms with Crippen molar-refractivity contribution in [2.24, 2.45) is 0 Å². The maximum Gasteiger partial charge on any atom is 0.232 e. The van der Waals surface area contributed by atoms with Crippen molar-refractivity contribution in [3.05, 3.63) is 52.9 Å². The van der Waals surface area contributed by atoms with Gasteiger partial charge in [-0.05, 0) is 32.3 Å². The largest absolute Gasteiger partial charge is 0.361 e. The first-order valence-corrected chi connectivity index (χ1v) is 11.3. The number of rotatable bonds is 8. The zero-order chi connectivity index (χ0) is 20.6. The lowest BCUT2D eigenvalue weighted by atomic mass is 10.1. The number of piperazine rings is 1. The molecule has 0 spiro atoms. The second kappa shape index (κ2) is 10.5. The Kier molecular flexibility index (Phi) is 7.75. The lowest BCUT2D eigenvalue weighted by Gasteiger charge is -2.35. The zero-order valence-corrected chi connectivity index (χ0v) is 18.0. The van der Waals surface area contributed by atoms with Crippen molar-refractivity contribution in [2.75, 3.05) is 31.9 Å². The third kappa shape index (κ3) is 6.10. The first kappa shape index (κ1) is 21.4. The maximum absolute atomic E-state index is 12.5. The molecule has 0 atom stereocenters. The van der Waals surface area contributed by atoms with Crippen LogP contribution in [0.2, 0.25) is 0 Å². The molecular formula is C22H29N3O3S. The number of aromatic nitrogens is 1. The zero-order valence-electron chi connectivity index (χ0n) is 17.2. The Morgan fingerprint density at radius 2 is 1.69 bits per heavy atom. The highest BCUT2D eigenvalue weighted by Crippen LogP contribution is 2.20. The van der Waals surface area contributed by atoms with Crippen molar-refractivity contribution in [1.29, 1.82) is 0 Å². The average molecular weight is 416 g/mol. The van der Waals surface area contributed by atoms with Crippen LogP contribution in [-0.2, 0) is 21.8 Å². The molecule has 156 valence electrons. The highest BCUT2D eigenvalue weighted by atomic mass is 32.2. The van der Waals surface area contributed by atoms with Gasteiger partial charge >= 0.3 is 0 Å². The molecule has 2 heterocycles. The molecule has 0 unspecified atom stereocenters. The summed E-state index contributed by atoms with van der Waals surface area (Å²) >= 11 is 1.59. The van der Waals surface area contributed by atoms with Crippen LogP contribution in [0.4, 0.5) is 0 Å². The number of carbonyl (C=O) groups is 2. The van der Waals surface area contributed by atoms with Gasteiger partial charge in [-0.3, -0.25) is 9.59 Å². The minimum absolute atomic E-state index is 0.137. The molecule has 2 amide bonds. The number of hydrogen-bond donors (Lipinski definition) is 0. The van der Waals surface area contributed by atoms with Crippen LogP contribution in [0.15, 0.2) is 34.9 Å². The van der Waals surface area contributed by atoms with Crippen LogP contribution >= 0.6 is 11.8 Å². The van der Waals surface area contributed by atoms with Gasteiger partial charge in [-0.1, -0.05) is 35.5 Å². The summed E-state index contributed by atoms with van der Waals surface area (Å²) in [4.78, 5) is 28.7. The van der Waals surface area contributed by atoms with Gasteiger partial charge in [0.25, 0.3) is 0 Å². The smallest absolute Gasteiger partial charge is 0.232 e. The Hall–Kier alpha value is -2.28. The fraction of sp³-hybridized carbons (Fsp3) is 0.500. The van der Waals surface area contributed by atoms with Gasteiger partial charge in [0.15, 0.2) is 0 Å². The van der Waals surface area contributed by atoms with Crippen LogP contribution in [0.5, 0.6) is 0 Å². The first-order valence-electron chi connectivity index (χ1n) is 10.1. The Morgan fingerprint density at radius 1 is 1.03 bits per heavy atom. The highest BCUT2D eigenvalue weighted by molar-refractivity contribution is 7.99. The molecule has 6 nitrogen and oxygen atoms in total. The van der Waals surface area contributed by atoms with Crippen molar-refractivity contribution in [2.45, 2.75) is 38.9 Å². The van der Waals surface area contributed by atoms with E-state index < -0.39 is 0 Å². The molecule has 2 aromatic rings. The molecule has 1 aromatic heterocycles. The fourth-order valence-corrected chi connectivity index (χ4v) is 4.57. The van der Waals surface area contributed by atoms with Crippen molar-refractivity contribution in [3.8, 4) is 0 Å². The summed E-state index contributed by atoms with van der Waals surface area (Å²) in [6.07, 6.45) is 2.35. The van der Waals surface area contributed by atoms with Crippen molar-refractivity contribution < 1.29 is 14.1 Å². The minimum atomic E-state index is 0.137. The van der Waals surface area contributed by atoms with E-state index in [4.69, 9.17) is 4.52 Å². The van der Waals surface area contributed by atoms with E-state index in [2.05, 4.69) is 17.3 Å². The Morgan fingerprint density at radius 3 is 2.31 bits per heavy atom. The number of thioether (sulfide) groups is 1. The summed E-state index contributed by atoms with van der Waals surface area (Å²) in [5.74, 6) is 2.32. The van der Waals surface area contributed by atoms with Crippen LogP contribution in [-0.4, -0.2) is 58.7 Å². The van der Waals surface area contributed by atoms with E-state index in [1.807, 2.05) is 41.8 Å². The molecule has 1 fully saturated rings. The number of nitrogens with zero attached hydrogens (tertiary/aromatic N) is 3. The minimum Gasteiger partial charge on any atom is -0.361 e. The predicted molar refractivity (Wildman–Crippen MR) is 115 cm³/mol. The third-order valence-corrected chi connectivity index (χ3v) is 6.28. The molecule has 7 heteroatoms. The predicted octanol–water partition coefficient (Wildman–Crippen LogP) is 3.22. The van der Waals surface area contributed by atoms with E-state index in [-0.39, 0.29) is 11.8 Å². The molecule has 1 aliphatic heterocycles. The summed E-state index contributed by atoms with van der Waals surface area (Å²) in [6, 6.07) is 10.3. The average Bonchev–Trinajstić information content (AvgIpc) is 3.06. The number of carbonyl (C=O) groups excluding carboxylic acids is 2. The summed E-state index contributed by atoms with van der Waals surface area (Å²) < 4.78 is 5.16. The molecule has 1 aromatic carbocycles. The van der Waals surface area contributed by atoms with Crippen molar-refractivity contribution in [1.82, 2.24) is 15.0 Å². The van der Waals surface area contributed by atoms with Gasteiger partial charge in [0.2, 0.25) is 11.8 Å². The van der Waals surface area contributed by atoms with Gasteiger partial charge < -0.3 is 14.3 Å². The summed E-state index contributed by atoms with van der Waals surface area (Å²) in [5, 5.41) is 3.95. The first-order chi connectivity index (χ1) is 14.0. The van der Waals surface area contributed by atoms with Crippen LogP contribution in [0.1, 0.15) is 35.4 Å². The van der Waals surface area contributed by atoms with Gasteiger partial charge in [-0.15, -0.1) is 11.8 Å². The molecular weight excluding hydrogens is 386 g/mol. The lowest BCUT2D eigenvalue weighted by Crippen LogP contribution is -2.51. The summed E-state index contributed by atoms with van der Waals surface area (Å²) in [7, 11) is 0. The van der Waals surface area contributed by atoms with E-state index in [1.54, 1.807) is 11.8 Å². The molecule has 0 radical (unpaired) electrons. The van der Waals surface area contributed by atoms with Crippen LogP contribution in [0, 0.1) is 13.8 Å². The lowest BCUT2D eigenvalue weighted by molar-refractivity contribution is -0.138. The van der Waals surface area contributed by atoms with Gasteiger partial charge in [-0.2, -0.15) is 0 Å². The molecule has 0 bridgehead atoms. The van der Waals surface area contributed by atoms with Gasteiger partial charge in [0.1, 0.15) is 5.76 Å². The van der Waals surface area contributed by atoms with Crippen molar-refractivity contribution >= 4 is 23.6 Å². The molecule has 1 saturated heterocycles. The maximum atomic E-state index is 12.5. The van der Waals surface area contributed by atoms with E-state index in [9.17, 15) is 9.59 Å². The van der Waals surface area contributed by atoms with Crippen LogP contribution < -0.4 is 0 Å². The number of aryl methyl sites for hydroxylation is 3. The number of hydrogen-bond acceptors (Lipinski definition) is 5. The molecule has 0 N–H and O–H groups in total. The number of amides is 2. The second-order valence-electron chi connectivity index (χ2n) is 7.40. The summed E-state index contributed by atoms with van der Waals surface area (Å²) in [5.41, 5.74) is 3.24. The van der Waals surface area contributed by atoms with Crippen LogP contribution in [0.25, 0.3) is 0 Å². The standard InChI is InChI=1S/C22H29N3O3S/c1-17-20(18(2)28-23-17)15-29-16-22(27)25-13-11-24(12-14-25)21(26)10-6-9-19-7-4-3-5-8-19/h3-5,7-8H,6,9-16H2,1-2H3. The van der Waals surface area contributed by atoms with E-state index in [0.717, 1.165) is 35.6 Å².